The predicted molar refractivity (Wildman–Crippen MR) is 75.4 cm³/mol. The lowest BCUT2D eigenvalue weighted by molar-refractivity contribution is 0.0907. The van der Waals surface area contributed by atoms with Gasteiger partial charge in [-0.2, -0.15) is 0 Å². The number of unbranched alkanes of at least 4 members (excludes halogenated alkanes) is 1. The smallest absolute Gasteiger partial charge is 0.166 e. The third-order valence-corrected chi connectivity index (χ3v) is 3.47. The zero-order valence-electron chi connectivity index (χ0n) is 12.0. The van der Waals surface area contributed by atoms with Gasteiger partial charge in [0.25, 0.3) is 0 Å². The Hall–Kier alpha value is -1.31. The molecule has 1 atom stereocenters. The van der Waals surface area contributed by atoms with E-state index in [-0.39, 0.29) is 11.7 Å². The highest BCUT2D eigenvalue weighted by atomic mass is 16.5. The summed E-state index contributed by atoms with van der Waals surface area (Å²) >= 11 is 0. The first-order chi connectivity index (χ1) is 8.63. The number of hydrogen-bond acceptors (Lipinski definition) is 2. The molecule has 0 saturated heterocycles. The molecule has 0 N–H and O–H groups in total. The number of Topliss-reactive ketones (excluding diaryl/α,β-unsaturated/α-hetero) is 1. The Kier molecular flexibility index (Phi) is 5.90. The zero-order valence-corrected chi connectivity index (χ0v) is 12.0. The van der Waals surface area contributed by atoms with Crippen molar-refractivity contribution in [2.75, 3.05) is 7.11 Å². The molecular weight excluding hydrogens is 224 g/mol. The maximum Gasteiger partial charge on any atom is 0.166 e. The molecule has 2 heteroatoms. The molecule has 0 aliphatic heterocycles. The van der Waals surface area contributed by atoms with Crippen molar-refractivity contribution in [3.8, 4) is 5.75 Å². The molecule has 0 aliphatic rings. The second kappa shape index (κ2) is 7.20. The van der Waals surface area contributed by atoms with Gasteiger partial charge in [-0.15, -0.1) is 0 Å². The third kappa shape index (κ3) is 3.59. The number of hydrogen-bond donors (Lipinski definition) is 0. The van der Waals surface area contributed by atoms with E-state index in [0.29, 0.717) is 0 Å². The molecule has 100 valence electrons. The first-order valence-corrected chi connectivity index (χ1v) is 6.82. The van der Waals surface area contributed by atoms with Crippen LogP contribution < -0.4 is 4.74 Å². The molecule has 2 nitrogen and oxygen atoms in total. The zero-order chi connectivity index (χ0) is 13.5. The Bertz CT molecular complexity index is 396. The van der Waals surface area contributed by atoms with Gasteiger partial charge < -0.3 is 4.74 Å². The van der Waals surface area contributed by atoms with Gasteiger partial charge in [-0.25, -0.2) is 0 Å². The predicted octanol–water partition coefficient (Wildman–Crippen LogP) is 4.40. The van der Waals surface area contributed by atoms with Crippen LogP contribution in [0.4, 0.5) is 0 Å². The molecule has 0 aliphatic carbocycles. The number of carbonyl (C=O) groups is 1. The van der Waals surface area contributed by atoms with E-state index in [4.69, 9.17) is 4.74 Å². The number of aryl methyl sites for hydroxylation is 1. The normalized spacial score (nSPS) is 12.2. The van der Waals surface area contributed by atoms with Crippen LogP contribution in [0, 0.1) is 12.8 Å². The summed E-state index contributed by atoms with van der Waals surface area (Å²) in [5.74, 6) is 1.26. The van der Waals surface area contributed by atoms with Crippen molar-refractivity contribution in [3.63, 3.8) is 0 Å². The summed E-state index contributed by atoms with van der Waals surface area (Å²) in [4.78, 5) is 12.5. The van der Waals surface area contributed by atoms with E-state index in [1.165, 1.54) is 0 Å². The minimum atomic E-state index is 0.164. The van der Waals surface area contributed by atoms with Crippen LogP contribution in [0.25, 0.3) is 0 Å². The molecular formula is C16H24O2. The lowest BCUT2D eigenvalue weighted by atomic mass is 9.89. The van der Waals surface area contributed by atoms with E-state index < -0.39 is 0 Å². The number of benzene rings is 1. The summed E-state index contributed by atoms with van der Waals surface area (Å²) in [6.45, 7) is 6.23. The fourth-order valence-electron chi connectivity index (χ4n) is 2.23. The van der Waals surface area contributed by atoms with Crippen LogP contribution in [0.15, 0.2) is 18.2 Å². The molecule has 1 unspecified atom stereocenters. The molecule has 0 radical (unpaired) electrons. The number of ketones is 1. The average molecular weight is 248 g/mol. The van der Waals surface area contributed by atoms with Crippen molar-refractivity contribution in [3.05, 3.63) is 29.3 Å². The molecule has 1 aromatic carbocycles. The lowest BCUT2D eigenvalue weighted by Gasteiger charge is -2.15. The minimum Gasteiger partial charge on any atom is -0.497 e. The van der Waals surface area contributed by atoms with Crippen LogP contribution in [0.2, 0.25) is 0 Å². The van der Waals surface area contributed by atoms with Gasteiger partial charge in [0, 0.05) is 11.5 Å². The van der Waals surface area contributed by atoms with Crippen molar-refractivity contribution in [2.45, 2.75) is 46.5 Å². The van der Waals surface area contributed by atoms with Gasteiger partial charge in [-0.05, 0) is 43.5 Å². The van der Waals surface area contributed by atoms with Gasteiger partial charge in [-0.3, -0.25) is 4.79 Å². The first kappa shape index (κ1) is 14.7. The van der Waals surface area contributed by atoms with E-state index in [1.807, 2.05) is 25.1 Å². The third-order valence-electron chi connectivity index (χ3n) is 3.47. The van der Waals surface area contributed by atoms with Crippen molar-refractivity contribution in [1.82, 2.24) is 0 Å². The van der Waals surface area contributed by atoms with Gasteiger partial charge in [0.1, 0.15) is 5.75 Å². The van der Waals surface area contributed by atoms with Crippen LogP contribution in [0.1, 0.15) is 55.5 Å². The van der Waals surface area contributed by atoms with Crippen LogP contribution >= 0.6 is 0 Å². The van der Waals surface area contributed by atoms with E-state index in [2.05, 4.69) is 13.8 Å². The van der Waals surface area contributed by atoms with Gasteiger partial charge in [0.05, 0.1) is 7.11 Å². The van der Waals surface area contributed by atoms with E-state index >= 15 is 0 Å². The standard InChI is InChI=1S/C16H24O2/c1-5-7-8-13(6-2)16(17)15-10-9-14(18-4)11-12(15)3/h9-11,13H,5-8H2,1-4H3. The van der Waals surface area contributed by atoms with Crippen LogP contribution in [-0.4, -0.2) is 12.9 Å². The highest BCUT2D eigenvalue weighted by Crippen LogP contribution is 2.23. The Balaban J connectivity index is 2.87. The summed E-state index contributed by atoms with van der Waals surface area (Å²) < 4.78 is 5.17. The quantitative estimate of drug-likeness (QED) is 0.668. The highest BCUT2D eigenvalue weighted by molar-refractivity contribution is 5.99. The van der Waals surface area contributed by atoms with Gasteiger partial charge >= 0.3 is 0 Å². The van der Waals surface area contributed by atoms with Crippen molar-refractivity contribution in [2.24, 2.45) is 5.92 Å². The van der Waals surface area contributed by atoms with Gasteiger partial charge in [-0.1, -0.05) is 26.7 Å². The Morgan fingerprint density at radius 3 is 2.56 bits per heavy atom. The maximum absolute atomic E-state index is 12.5. The number of methoxy groups -OCH3 is 1. The number of ether oxygens (including phenoxy) is 1. The van der Waals surface area contributed by atoms with Crippen molar-refractivity contribution < 1.29 is 9.53 Å². The number of rotatable bonds is 7. The largest absolute Gasteiger partial charge is 0.497 e. The fourth-order valence-corrected chi connectivity index (χ4v) is 2.23. The van der Waals surface area contributed by atoms with Gasteiger partial charge in [0.2, 0.25) is 0 Å². The molecule has 0 spiro atoms. The Morgan fingerprint density at radius 2 is 2.06 bits per heavy atom. The fraction of sp³-hybridized carbons (Fsp3) is 0.562. The van der Waals surface area contributed by atoms with Crippen LogP contribution in [-0.2, 0) is 0 Å². The van der Waals surface area contributed by atoms with Crippen LogP contribution in [0.5, 0.6) is 5.75 Å². The van der Waals surface area contributed by atoms with Crippen molar-refractivity contribution >= 4 is 5.78 Å². The topological polar surface area (TPSA) is 26.3 Å². The summed E-state index contributed by atoms with van der Waals surface area (Å²) in [5.41, 5.74) is 1.85. The number of carbonyl (C=O) groups excluding carboxylic acids is 1. The summed E-state index contributed by atoms with van der Waals surface area (Å²) in [6, 6.07) is 5.69. The van der Waals surface area contributed by atoms with Gasteiger partial charge in [0.15, 0.2) is 5.78 Å². The molecule has 18 heavy (non-hydrogen) atoms. The summed E-state index contributed by atoms with van der Waals surface area (Å²) in [5, 5.41) is 0. The van der Waals surface area contributed by atoms with Crippen molar-refractivity contribution in [1.29, 1.82) is 0 Å². The molecule has 0 aromatic heterocycles. The maximum atomic E-state index is 12.5. The molecule has 0 fully saturated rings. The van der Waals surface area contributed by atoms with E-state index in [0.717, 1.165) is 42.6 Å². The molecule has 0 heterocycles. The highest BCUT2D eigenvalue weighted by Gasteiger charge is 2.19. The molecule has 0 bridgehead atoms. The second-order valence-electron chi connectivity index (χ2n) is 4.79. The molecule has 0 saturated carbocycles. The van der Waals surface area contributed by atoms with E-state index in [9.17, 15) is 4.79 Å². The lowest BCUT2D eigenvalue weighted by Crippen LogP contribution is -2.15. The second-order valence-corrected chi connectivity index (χ2v) is 4.79. The molecule has 1 aromatic rings. The summed E-state index contributed by atoms with van der Waals surface area (Å²) in [6.07, 6.45) is 4.19. The Morgan fingerprint density at radius 1 is 1.33 bits per heavy atom. The minimum absolute atomic E-state index is 0.164. The van der Waals surface area contributed by atoms with E-state index in [1.54, 1.807) is 7.11 Å². The van der Waals surface area contributed by atoms with Crippen LogP contribution in [0.3, 0.4) is 0 Å². The first-order valence-electron chi connectivity index (χ1n) is 6.82. The molecule has 1 rings (SSSR count). The average Bonchev–Trinajstić information content (AvgIpc) is 2.39. The monoisotopic (exact) mass is 248 g/mol. The summed E-state index contributed by atoms with van der Waals surface area (Å²) in [7, 11) is 1.65. The SMILES string of the molecule is CCCCC(CC)C(=O)c1ccc(OC)cc1C. The Labute approximate surface area is 110 Å². The molecule has 0 amide bonds.